The molecule has 8 N–H and O–H groups in total. The molecule has 0 fully saturated rings. The first-order valence-corrected chi connectivity index (χ1v) is 7.97. The van der Waals surface area contributed by atoms with Crippen molar-refractivity contribution in [1.29, 1.82) is 0 Å². The van der Waals surface area contributed by atoms with Crippen molar-refractivity contribution < 1.29 is 49.8 Å². The van der Waals surface area contributed by atoms with Crippen molar-refractivity contribution in [2.45, 2.75) is 24.9 Å². The van der Waals surface area contributed by atoms with Crippen LogP contribution in [0.2, 0.25) is 0 Å². The molecule has 28 heavy (non-hydrogen) atoms. The number of carboxylic acid groups (broad SMARTS) is 4. The normalized spacial score (nSPS) is 12.9. The molecule has 0 aliphatic rings. The van der Waals surface area contributed by atoms with Gasteiger partial charge < -0.3 is 41.3 Å². The lowest BCUT2D eigenvalue weighted by Gasteiger charge is -2.20. The average Bonchev–Trinajstić information content (AvgIpc) is 2.58. The van der Waals surface area contributed by atoms with Crippen molar-refractivity contribution in [2.75, 3.05) is 13.1 Å². The van der Waals surface area contributed by atoms with Crippen LogP contribution in [0, 0.1) is 0 Å². The molecule has 0 aliphatic carbocycles. The smallest absolute Gasteiger partial charge is 0.325 e. The first-order valence-electron chi connectivity index (χ1n) is 7.97. The van der Waals surface area contributed by atoms with Gasteiger partial charge in [0.25, 0.3) is 0 Å². The van der Waals surface area contributed by atoms with E-state index in [-0.39, 0.29) is 37.1 Å². The zero-order chi connectivity index (χ0) is 21.4. The van der Waals surface area contributed by atoms with Gasteiger partial charge in [-0.05, 0) is 0 Å². The molecule has 0 saturated heterocycles. The van der Waals surface area contributed by atoms with Crippen molar-refractivity contribution in [3.05, 3.63) is 23.3 Å². The highest BCUT2D eigenvalue weighted by Gasteiger charge is 2.29. The van der Waals surface area contributed by atoms with Crippen LogP contribution in [0.4, 0.5) is 0 Å². The van der Waals surface area contributed by atoms with E-state index in [0.29, 0.717) is 0 Å². The van der Waals surface area contributed by atoms with Crippen LogP contribution in [-0.4, -0.2) is 67.6 Å². The highest BCUT2D eigenvalue weighted by atomic mass is 16.4. The van der Waals surface area contributed by atoms with E-state index in [2.05, 4.69) is 10.6 Å². The van der Waals surface area contributed by atoms with Gasteiger partial charge in [0.05, 0.1) is 12.8 Å². The number of phenols is 2. The Morgan fingerprint density at radius 3 is 1.29 bits per heavy atom. The molecule has 0 heterocycles. The lowest BCUT2D eigenvalue weighted by molar-refractivity contribution is -0.141. The quantitative estimate of drug-likeness (QED) is 0.208. The third-order valence-electron chi connectivity index (χ3n) is 3.70. The summed E-state index contributed by atoms with van der Waals surface area (Å²) in [6, 6.07) is -0.956. The van der Waals surface area contributed by atoms with E-state index >= 15 is 0 Å². The molecule has 0 saturated carbocycles. The second kappa shape index (κ2) is 10.1. The summed E-state index contributed by atoms with van der Waals surface area (Å²) in [6.07, 6.45) is -0.771. The topological polar surface area (TPSA) is 214 Å². The van der Waals surface area contributed by atoms with Gasteiger partial charge in [-0.25, -0.2) is 0 Å². The van der Waals surface area contributed by atoms with Crippen molar-refractivity contribution >= 4 is 23.9 Å². The second-order valence-corrected chi connectivity index (χ2v) is 5.68. The van der Waals surface area contributed by atoms with Crippen LogP contribution in [-0.2, 0) is 19.2 Å². The molecule has 1 rings (SSSR count). The zero-order valence-electron chi connectivity index (χ0n) is 14.5. The van der Waals surface area contributed by atoms with Crippen molar-refractivity contribution in [3.8, 4) is 11.5 Å². The molecular formula is C16H20N2O10. The van der Waals surface area contributed by atoms with Crippen LogP contribution < -0.4 is 10.6 Å². The number of aromatic hydroxyl groups is 2. The van der Waals surface area contributed by atoms with Crippen LogP contribution in [0.1, 0.15) is 36.1 Å². The summed E-state index contributed by atoms with van der Waals surface area (Å²) in [4.78, 5) is 43.9. The highest BCUT2D eigenvalue weighted by Crippen LogP contribution is 2.39. The van der Waals surface area contributed by atoms with E-state index in [4.69, 9.17) is 10.2 Å². The van der Waals surface area contributed by atoms with Crippen molar-refractivity contribution in [2.24, 2.45) is 0 Å². The number of phenolic OH excluding ortho intramolecular Hbond substituents is 2. The summed E-state index contributed by atoms with van der Waals surface area (Å²) in [6.45, 7) is -0.467. The Morgan fingerprint density at radius 2 is 1.04 bits per heavy atom. The standard InChI is InChI=1S/C16H20N2O10/c19-9(20)3-5-17-11(15(25)26)7-1-2-8(14(24)13(7)23)12(16(27)28)18-6-4-10(21)22/h1-2,11-12,17-18,23-24H,3-6H2,(H,19,20)(H,21,22)(H,25,26)(H,27,28). The van der Waals surface area contributed by atoms with Crippen LogP contribution in [0.5, 0.6) is 11.5 Å². The Morgan fingerprint density at radius 1 is 0.714 bits per heavy atom. The van der Waals surface area contributed by atoms with Gasteiger partial charge in [0.1, 0.15) is 12.1 Å². The fourth-order valence-electron chi connectivity index (χ4n) is 2.38. The number of aliphatic carboxylic acids is 4. The number of hydrogen-bond acceptors (Lipinski definition) is 8. The Labute approximate surface area is 158 Å². The lowest BCUT2D eigenvalue weighted by Crippen LogP contribution is -2.31. The highest BCUT2D eigenvalue weighted by molar-refractivity contribution is 5.80. The summed E-state index contributed by atoms with van der Waals surface area (Å²) in [5.41, 5.74) is -0.595. The molecule has 12 nitrogen and oxygen atoms in total. The number of nitrogens with one attached hydrogen (secondary N) is 2. The SMILES string of the molecule is O=C(O)CCNC(C(=O)O)c1ccc(C(NCCC(=O)O)C(=O)O)c(O)c1O. The molecule has 12 heteroatoms. The van der Waals surface area contributed by atoms with Crippen LogP contribution in [0.25, 0.3) is 0 Å². The molecule has 154 valence electrons. The third-order valence-corrected chi connectivity index (χ3v) is 3.70. The monoisotopic (exact) mass is 400 g/mol. The number of carbonyl (C=O) groups is 4. The minimum atomic E-state index is -1.55. The summed E-state index contributed by atoms with van der Waals surface area (Å²) in [5, 5.41) is 60.9. The Kier molecular flexibility index (Phi) is 8.16. The average molecular weight is 400 g/mol. The predicted molar refractivity (Wildman–Crippen MR) is 91.0 cm³/mol. The molecule has 0 bridgehead atoms. The van der Waals surface area contributed by atoms with Crippen molar-refractivity contribution in [3.63, 3.8) is 0 Å². The molecular weight excluding hydrogens is 380 g/mol. The molecule has 2 atom stereocenters. The van der Waals surface area contributed by atoms with Gasteiger partial charge in [0.2, 0.25) is 0 Å². The van der Waals surface area contributed by atoms with E-state index < -0.39 is 47.5 Å². The largest absolute Gasteiger partial charge is 0.504 e. The number of benzene rings is 1. The second-order valence-electron chi connectivity index (χ2n) is 5.68. The van der Waals surface area contributed by atoms with E-state index in [1.54, 1.807) is 0 Å². The van der Waals surface area contributed by atoms with E-state index in [9.17, 15) is 39.6 Å². The summed E-state index contributed by atoms with van der Waals surface area (Å²) < 4.78 is 0. The summed E-state index contributed by atoms with van der Waals surface area (Å²) in [7, 11) is 0. The Hall–Kier alpha value is -3.38. The van der Waals surface area contributed by atoms with Crippen LogP contribution in [0.15, 0.2) is 12.1 Å². The number of hydrogen-bond donors (Lipinski definition) is 8. The zero-order valence-corrected chi connectivity index (χ0v) is 14.5. The summed E-state index contributed by atoms with van der Waals surface area (Å²) >= 11 is 0. The minimum Gasteiger partial charge on any atom is -0.504 e. The first-order chi connectivity index (χ1) is 13.1. The molecule has 0 aromatic heterocycles. The van der Waals surface area contributed by atoms with Crippen molar-refractivity contribution in [1.82, 2.24) is 10.6 Å². The van der Waals surface area contributed by atoms with Gasteiger partial charge in [-0.1, -0.05) is 12.1 Å². The van der Waals surface area contributed by atoms with Gasteiger partial charge in [-0.15, -0.1) is 0 Å². The third kappa shape index (κ3) is 6.10. The van der Waals surface area contributed by atoms with Gasteiger partial charge in [-0.3, -0.25) is 19.2 Å². The summed E-state index contributed by atoms with van der Waals surface area (Å²) in [5.74, 6) is -7.03. The predicted octanol–water partition coefficient (Wildman–Crippen LogP) is -0.522. The molecule has 0 amide bonds. The van der Waals surface area contributed by atoms with E-state index in [1.165, 1.54) is 0 Å². The Bertz CT molecular complexity index is 701. The Balaban J connectivity index is 3.14. The maximum Gasteiger partial charge on any atom is 0.325 e. The van der Waals surface area contributed by atoms with E-state index in [0.717, 1.165) is 12.1 Å². The maximum atomic E-state index is 11.4. The van der Waals surface area contributed by atoms with Gasteiger partial charge >= 0.3 is 23.9 Å². The lowest BCUT2D eigenvalue weighted by atomic mass is 9.98. The van der Waals surface area contributed by atoms with Crippen LogP contribution >= 0.6 is 0 Å². The van der Waals surface area contributed by atoms with Gasteiger partial charge in [0, 0.05) is 24.2 Å². The van der Waals surface area contributed by atoms with E-state index in [1.807, 2.05) is 0 Å². The molecule has 0 aliphatic heterocycles. The molecule has 0 radical (unpaired) electrons. The maximum absolute atomic E-state index is 11.4. The first kappa shape index (κ1) is 22.7. The molecule has 2 unspecified atom stereocenters. The minimum absolute atomic E-state index is 0.233. The van der Waals surface area contributed by atoms with Gasteiger partial charge in [-0.2, -0.15) is 0 Å². The van der Waals surface area contributed by atoms with Gasteiger partial charge in [0.15, 0.2) is 11.5 Å². The fraction of sp³-hybridized carbons (Fsp3) is 0.375. The molecule has 1 aromatic carbocycles. The fourth-order valence-corrected chi connectivity index (χ4v) is 2.38. The number of carboxylic acids is 4. The molecule has 1 aromatic rings. The van der Waals surface area contributed by atoms with Crippen LogP contribution in [0.3, 0.4) is 0 Å². The molecule has 0 spiro atoms. The number of rotatable bonds is 12.